The van der Waals surface area contributed by atoms with Crippen LogP contribution in [0.2, 0.25) is 10.2 Å². The molecule has 0 fully saturated rings. The predicted octanol–water partition coefficient (Wildman–Crippen LogP) is 3.08. The normalized spacial score (nSPS) is 10.4. The van der Waals surface area contributed by atoms with E-state index in [1.165, 1.54) is 23.6 Å². The van der Waals surface area contributed by atoms with E-state index in [4.69, 9.17) is 23.2 Å². The quantitative estimate of drug-likeness (QED) is 0.886. The number of pyridine rings is 1. The summed E-state index contributed by atoms with van der Waals surface area (Å²) in [6, 6.07) is 1.44. The van der Waals surface area contributed by atoms with Gasteiger partial charge >= 0.3 is 0 Å². The average molecular weight is 302 g/mol. The van der Waals surface area contributed by atoms with E-state index in [-0.39, 0.29) is 16.1 Å². The monoisotopic (exact) mass is 301 g/mol. The summed E-state index contributed by atoms with van der Waals surface area (Å²) in [5.74, 6) is -0.294. The van der Waals surface area contributed by atoms with Crippen LogP contribution in [0.15, 0.2) is 18.5 Å². The Kier molecular flexibility index (Phi) is 4.16. The number of nitrogens with one attached hydrogen (secondary N) is 1. The van der Waals surface area contributed by atoms with Gasteiger partial charge in [-0.15, -0.1) is 11.3 Å². The zero-order chi connectivity index (χ0) is 13.1. The molecule has 0 unspecified atom stereocenters. The molecular weight excluding hydrogens is 293 g/mol. The van der Waals surface area contributed by atoms with Gasteiger partial charge in [-0.05, 0) is 13.0 Å². The highest BCUT2D eigenvalue weighted by Crippen LogP contribution is 2.18. The predicted molar refractivity (Wildman–Crippen MR) is 72.3 cm³/mol. The second-order valence-corrected chi connectivity index (χ2v) is 5.65. The van der Waals surface area contributed by atoms with Crippen LogP contribution in [0, 0.1) is 6.92 Å². The second kappa shape index (κ2) is 5.65. The first-order valence-electron chi connectivity index (χ1n) is 5.07. The van der Waals surface area contributed by atoms with Crippen molar-refractivity contribution in [2.45, 2.75) is 13.5 Å². The molecule has 18 heavy (non-hydrogen) atoms. The van der Waals surface area contributed by atoms with Gasteiger partial charge in [-0.25, -0.2) is 9.97 Å². The number of rotatable bonds is 3. The summed E-state index contributed by atoms with van der Waals surface area (Å²) >= 11 is 13.1. The van der Waals surface area contributed by atoms with Gasteiger partial charge in [-0.3, -0.25) is 4.79 Å². The number of halogens is 2. The Bertz CT molecular complexity index is 585. The van der Waals surface area contributed by atoms with Gasteiger partial charge in [-0.1, -0.05) is 23.2 Å². The van der Waals surface area contributed by atoms with Gasteiger partial charge in [0, 0.05) is 17.3 Å². The van der Waals surface area contributed by atoms with Crippen LogP contribution in [-0.4, -0.2) is 15.9 Å². The Morgan fingerprint density at radius 3 is 2.83 bits per heavy atom. The number of nitrogens with zero attached hydrogens (tertiary/aromatic N) is 2. The molecule has 0 atom stereocenters. The maximum atomic E-state index is 11.9. The SMILES string of the molecule is Cc1cnc(CNC(=O)c2cc(Cl)ncc2Cl)s1. The summed E-state index contributed by atoms with van der Waals surface area (Å²) in [7, 11) is 0. The molecule has 94 valence electrons. The van der Waals surface area contributed by atoms with Gasteiger partial charge in [0.2, 0.25) is 0 Å². The lowest BCUT2D eigenvalue weighted by atomic mass is 10.2. The largest absolute Gasteiger partial charge is 0.345 e. The van der Waals surface area contributed by atoms with Crippen molar-refractivity contribution in [2.75, 3.05) is 0 Å². The molecule has 1 amide bonds. The van der Waals surface area contributed by atoms with Crippen molar-refractivity contribution in [3.8, 4) is 0 Å². The molecule has 4 nitrogen and oxygen atoms in total. The van der Waals surface area contributed by atoms with Crippen LogP contribution in [0.1, 0.15) is 20.2 Å². The number of hydrogen-bond acceptors (Lipinski definition) is 4. The van der Waals surface area contributed by atoms with Gasteiger partial charge in [-0.2, -0.15) is 0 Å². The van der Waals surface area contributed by atoms with Crippen LogP contribution in [0.3, 0.4) is 0 Å². The van der Waals surface area contributed by atoms with Crippen LogP contribution in [0.4, 0.5) is 0 Å². The molecule has 0 radical (unpaired) electrons. The standard InChI is InChI=1S/C11H9Cl2N3OS/c1-6-3-15-10(18-6)5-16-11(17)7-2-9(13)14-4-8(7)12/h2-4H,5H2,1H3,(H,16,17). The van der Waals surface area contributed by atoms with Crippen molar-refractivity contribution in [1.29, 1.82) is 0 Å². The molecule has 2 aromatic heterocycles. The maximum Gasteiger partial charge on any atom is 0.253 e. The van der Waals surface area contributed by atoms with Crippen molar-refractivity contribution in [2.24, 2.45) is 0 Å². The first-order chi connectivity index (χ1) is 8.56. The van der Waals surface area contributed by atoms with Crippen molar-refractivity contribution in [3.63, 3.8) is 0 Å². The summed E-state index contributed by atoms with van der Waals surface area (Å²) < 4.78 is 0. The Labute approximate surface area is 118 Å². The van der Waals surface area contributed by atoms with E-state index in [1.807, 2.05) is 6.92 Å². The van der Waals surface area contributed by atoms with Gasteiger partial charge in [0.1, 0.15) is 10.2 Å². The molecule has 0 aliphatic rings. The molecule has 2 rings (SSSR count). The Morgan fingerprint density at radius 2 is 2.17 bits per heavy atom. The van der Waals surface area contributed by atoms with Crippen LogP contribution in [-0.2, 0) is 6.54 Å². The first kappa shape index (κ1) is 13.3. The van der Waals surface area contributed by atoms with Gasteiger partial charge < -0.3 is 5.32 Å². The molecular formula is C11H9Cl2N3OS. The lowest BCUT2D eigenvalue weighted by Crippen LogP contribution is -2.23. The maximum absolute atomic E-state index is 11.9. The minimum Gasteiger partial charge on any atom is -0.345 e. The molecule has 2 heterocycles. The van der Waals surface area contributed by atoms with Crippen molar-refractivity contribution < 1.29 is 4.79 Å². The zero-order valence-corrected chi connectivity index (χ0v) is 11.7. The van der Waals surface area contributed by atoms with Crippen molar-refractivity contribution in [3.05, 3.63) is 44.1 Å². The molecule has 0 saturated carbocycles. The molecule has 0 aliphatic carbocycles. The Morgan fingerprint density at radius 1 is 1.39 bits per heavy atom. The lowest BCUT2D eigenvalue weighted by Gasteiger charge is -2.05. The minimum absolute atomic E-state index is 0.231. The summed E-state index contributed by atoms with van der Waals surface area (Å²) in [5, 5.41) is 4.08. The summed E-state index contributed by atoms with van der Waals surface area (Å²) in [4.78, 5) is 20.9. The topological polar surface area (TPSA) is 54.9 Å². The minimum atomic E-state index is -0.294. The van der Waals surface area contributed by atoms with Crippen molar-refractivity contribution in [1.82, 2.24) is 15.3 Å². The van der Waals surface area contributed by atoms with Gasteiger partial charge in [0.25, 0.3) is 5.91 Å². The van der Waals surface area contributed by atoms with Crippen molar-refractivity contribution >= 4 is 40.4 Å². The highest BCUT2D eigenvalue weighted by atomic mass is 35.5. The number of amides is 1. The van der Waals surface area contributed by atoms with E-state index in [0.717, 1.165) is 9.88 Å². The molecule has 2 aromatic rings. The number of carbonyl (C=O) groups is 1. The summed E-state index contributed by atoms with van der Waals surface area (Å²) in [6.45, 7) is 2.33. The third-order valence-corrected chi connectivity index (χ3v) is 3.56. The molecule has 1 N–H and O–H groups in total. The second-order valence-electron chi connectivity index (χ2n) is 3.53. The fourth-order valence-electron chi connectivity index (χ4n) is 1.32. The number of hydrogen-bond donors (Lipinski definition) is 1. The van der Waals surface area contributed by atoms with E-state index in [1.54, 1.807) is 6.20 Å². The van der Waals surface area contributed by atoms with Gasteiger partial charge in [0.05, 0.1) is 17.1 Å². The van der Waals surface area contributed by atoms with E-state index < -0.39 is 0 Å². The van der Waals surface area contributed by atoms with E-state index in [2.05, 4.69) is 15.3 Å². The molecule has 0 bridgehead atoms. The average Bonchev–Trinajstić information content (AvgIpc) is 2.75. The third-order valence-electron chi connectivity index (χ3n) is 2.14. The Balaban J connectivity index is 2.05. The molecule has 0 saturated heterocycles. The fourth-order valence-corrected chi connectivity index (χ4v) is 2.40. The number of aryl methyl sites for hydroxylation is 1. The van der Waals surface area contributed by atoms with E-state index in [9.17, 15) is 4.79 Å². The molecule has 0 aromatic carbocycles. The number of aromatic nitrogens is 2. The highest BCUT2D eigenvalue weighted by Gasteiger charge is 2.12. The van der Waals surface area contributed by atoms with Gasteiger partial charge in [0.15, 0.2) is 0 Å². The summed E-state index contributed by atoms with van der Waals surface area (Å²) in [5.41, 5.74) is 0.310. The summed E-state index contributed by atoms with van der Waals surface area (Å²) in [6.07, 6.45) is 3.12. The smallest absolute Gasteiger partial charge is 0.253 e. The van der Waals surface area contributed by atoms with Crippen LogP contribution >= 0.6 is 34.5 Å². The first-order valence-corrected chi connectivity index (χ1v) is 6.64. The molecule has 0 spiro atoms. The fraction of sp³-hybridized carbons (Fsp3) is 0.182. The van der Waals surface area contributed by atoms with Crippen LogP contribution in [0.25, 0.3) is 0 Å². The Hall–Kier alpha value is -1.17. The number of carbonyl (C=O) groups excluding carboxylic acids is 1. The third kappa shape index (κ3) is 3.19. The lowest BCUT2D eigenvalue weighted by molar-refractivity contribution is 0.0951. The van der Waals surface area contributed by atoms with E-state index >= 15 is 0 Å². The van der Waals surface area contributed by atoms with Crippen LogP contribution < -0.4 is 5.32 Å². The zero-order valence-electron chi connectivity index (χ0n) is 9.41. The highest BCUT2D eigenvalue weighted by molar-refractivity contribution is 7.11. The van der Waals surface area contributed by atoms with E-state index in [0.29, 0.717) is 12.1 Å². The number of thiazole rings is 1. The molecule has 7 heteroatoms. The van der Waals surface area contributed by atoms with Crippen LogP contribution in [0.5, 0.6) is 0 Å². The molecule has 0 aliphatic heterocycles.